The number of rotatable bonds is 4. The van der Waals surface area contributed by atoms with E-state index in [1.54, 1.807) is 0 Å². The van der Waals surface area contributed by atoms with Gasteiger partial charge in [0.25, 0.3) is 0 Å². The van der Waals surface area contributed by atoms with Crippen LogP contribution in [0.4, 0.5) is 0 Å². The molecule has 0 aliphatic heterocycles. The summed E-state index contributed by atoms with van der Waals surface area (Å²) in [5.74, 6) is 0. The zero-order valence-electron chi connectivity index (χ0n) is 8.82. The third-order valence-electron chi connectivity index (χ3n) is 1.69. The van der Waals surface area contributed by atoms with Crippen LogP contribution in [-0.4, -0.2) is 0 Å². The predicted molar refractivity (Wildman–Crippen MR) is 57.1 cm³/mol. The van der Waals surface area contributed by atoms with E-state index in [2.05, 4.69) is 61.9 Å². The van der Waals surface area contributed by atoms with Crippen molar-refractivity contribution in [3.8, 4) is 0 Å². The van der Waals surface area contributed by atoms with Crippen molar-refractivity contribution >= 4 is 0 Å². The third kappa shape index (κ3) is 7.83. The van der Waals surface area contributed by atoms with Gasteiger partial charge in [0.05, 0.1) is 0 Å². The van der Waals surface area contributed by atoms with Crippen molar-refractivity contribution < 1.29 is 15.0 Å². The molecular formula is C12H18Fe. The first kappa shape index (κ1) is 12.5. The molecule has 0 rings (SSSR count). The Bertz CT molecular complexity index is 216. The molecule has 74 valence electrons. The monoisotopic (exact) mass is 218 g/mol. The van der Waals surface area contributed by atoms with Crippen LogP contribution in [0.3, 0.4) is 0 Å². The molecule has 0 aromatic carbocycles. The molecule has 0 nitrogen and oxygen atoms in total. The van der Waals surface area contributed by atoms with Crippen LogP contribution in [0, 0.1) is 0 Å². The van der Waals surface area contributed by atoms with E-state index in [9.17, 15) is 0 Å². The van der Waals surface area contributed by atoms with Gasteiger partial charge in [-0.05, 0) is 0 Å². The SMILES string of the molecule is CC=C(C)C=[CH][Fe][CH]=CC(C)=CC. The molecule has 0 bridgehead atoms. The molecule has 0 spiro atoms. The third-order valence-corrected chi connectivity index (χ3v) is 2.48. The summed E-state index contributed by atoms with van der Waals surface area (Å²) in [6.07, 6.45) is 8.51. The minimum atomic E-state index is 1.01. The number of hydrogen-bond acceptors (Lipinski definition) is 0. The molecule has 1 heteroatoms. The Morgan fingerprint density at radius 3 is 1.54 bits per heavy atom. The van der Waals surface area contributed by atoms with Crippen molar-refractivity contribution in [1.82, 2.24) is 0 Å². The van der Waals surface area contributed by atoms with Crippen molar-refractivity contribution in [3.05, 3.63) is 45.4 Å². The van der Waals surface area contributed by atoms with Crippen molar-refractivity contribution in [2.24, 2.45) is 0 Å². The Labute approximate surface area is 88.3 Å². The Balaban J connectivity index is 3.80. The van der Waals surface area contributed by atoms with Gasteiger partial charge in [-0.25, -0.2) is 0 Å². The summed E-state index contributed by atoms with van der Waals surface area (Å²) in [6.45, 7) is 8.33. The van der Waals surface area contributed by atoms with Gasteiger partial charge in [0.1, 0.15) is 0 Å². The van der Waals surface area contributed by atoms with Crippen LogP contribution in [0.5, 0.6) is 0 Å². The van der Waals surface area contributed by atoms with E-state index in [1.807, 2.05) is 0 Å². The van der Waals surface area contributed by atoms with Crippen molar-refractivity contribution in [1.29, 1.82) is 0 Å². The molecule has 0 amide bonds. The zero-order valence-corrected chi connectivity index (χ0v) is 9.92. The maximum atomic E-state index is 2.18. The van der Waals surface area contributed by atoms with Gasteiger partial charge in [0.2, 0.25) is 0 Å². The van der Waals surface area contributed by atoms with Crippen molar-refractivity contribution in [2.45, 2.75) is 27.7 Å². The van der Waals surface area contributed by atoms with Crippen LogP contribution in [-0.2, 0) is 15.0 Å². The summed E-state index contributed by atoms with van der Waals surface area (Å²) in [6, 6.07) is 0. The van der Waals surface area contributed by atoms with E-state index in [1.165, 1.54) is 11.1 Å². The molecule has 0 atom stereocenters. The summed E-state index contributed by atoms with van der Waals surface area (Å²) in [7, 11) is 0. The van der Waals surface area contributed by atoms with Gasteiger partial charge in [-0.2, -0.15) is 0 Å². The Kier molecular flexibility index (Phi) is 7.77. The van der Waals surface area contributed by atoms with Gasteiger partial charge >= 0.3 is 88.1 Å². The summed E-state index contributed by atoms with van der Waals surface area (Å²) < 4.78 is 0. The van der Waals surface area contributed by atoms with Gasteiger partial charge in [-0.3, -0.25) is 0 Å². The Hall–Kier alpha value is -0.521. The first-order valence-corrected chi connectivity index (χ1v) is 5.66. The topological polar surface area (TPSA) is 0 Å². The molecule has 0 aromatic heterocycles. The Morgan fingerprint density at radius 2 is 1.23 bits per heavy atom. The summed E-state index contributed by atoms with van der Waals surface area (Å²) >= 11 is 1.01. The maximum absolute atomic E-state index is 2.18. The van der Waals surface area contributed by atoms with Crippen LogP contribution in [0.15, 0.2) is 45.4 Å². The average molecular weight is 218 g/mol. The first-order chi connectivity index (χ1) is 6.20. The van der Waals surface area contributed by atoms with Crippen LogP contribution in [0.25, 0.3) is 0 Å². The fraction of sp³-hybridized carbons (Fsp3) is 0.333. The standard InChI is InChI=1S/2C6H9.Fe/c2*1-4-6(3)5-2;/h2*1,4-5H,2-3H3;. The molecule has 0 heterocycles. The van der Waals surface area contributed by atoms with Crippen molar-refractivity contribution in [3.63, 3.8) is 0 Å². The predicted octanol–water partition coefficient (Wildman–Crippen LogP) is 4.03. The fourth-order valence-electron chi connectivity index (χ4n) is 0.486. The molecule has 0 aliphatic carbocycles. The molecule has 13 heavy (non-hydrogen) atoms. The second-order valence-corrected chi connectivity index (χ2v) is 3.86. The molecule has 0 fully saturated rings. The quantitative estimate of drug-likeness (QED) is 0.493. The molecule has 0 saturated carbocycles. The van der Waals surface area contributed by atoms with E-state index < -0.39 is 0 Å². The number of hydrogen-bond donors (Lipinski definition) is 0. The van der Waals surface area contributed by atoms with E-state index in [-0.39, 0.29) is 0 Å². The Morgan fingerprint density at radius 1 is 0.846 bits per heavy atom. The second-order valence-electron chi connectivity index (χ2n) is 2.75. The number of allylic oxidation sites excluding steroid dienone is 6. The zero-order chi connectivity index (χ0) is 10.1. The van der Waals surface area contributed by atoms with Gasteiger partial charge in [0.15, 0.2) is 0 Å². The summed E-state index contributed by atoms with van der Waals surface area (Å²) in [5.41, 5.74) is 2.63. The second kappa shape index (κ2) is 8.09. The minimum absolute atomic E-state index is 1.01. The van der Waals surface area contributed by atoms with Gasteiger partial charge in [-0.15, -0.1) is 0 Å². The van der Waals surface area contributed by atoms with Gasteiger partial charge in [-0.1, -0.05) is 0 Å². The summed E-state index contributed by atoms with van der Waals surface area (Å²) in [5, 5.41) is 0. The molecule has 0 saturated heterocycles. The average Bonchev–Trinajstić information content (AvgIpc) is 2.16. The molecule has 0 unspecified atom stereocenters. The first-order valence-electron chi connectivity index (χ1n) is 4.38. The van der Waals surface area contributed by atoms with Crippen LogP contribution in [0.1, 0.15) is 27.7 Å². The summed E-state index contributed by atoms with van der Waals surface area (Å²) in [4.78, 5) is 4.35. The van der Waals surface area contributed by atoms with Crippen molar-refractivity contribution in [2.75, 3.05) is 0 Å². The van der Waals surface area contributed by atoms with E-state index in [0.717, 1.165) is 15.0 Å². The molecule has 0 aromatic rings. The van der Waals surface area contributed by atoms with Crippen LogP contribution in [0.2, 0.25) is 0 Å². The molecule has 0 radical (unpaired) electrons. The van der Waals surface area contributed by atoms with Gasteiger partial charge < -0.3 is 0 Å². The molecular weight excluding hydrogens is 200 g/mol. The van der Waals surface area contributed by atoms with E-state index >= 15 is 0 Å². The van der Waals surface area contributed by atoms with E-state index in [4.69, 9.17) is 0 Å². The normalized spacial score (nSPS) is 15.1. The van der Waals surface area contributed by atoms with E-state index in [0.29, 0.717) is 0 Å². The molecule has 0 aliphatic rings. The molecule has 0 N–H and O–H groups in total. The van der Waals surface area contributed by atoms with Crippen LogP contribution < -0.4 is 0 Å². The van der Waals surface area contributed by atoms with Crippen LogP contribution >= 0.6 is 0 Å². The fourth-order valence-corrected chi connectivity index (χ4v) is 1.40. The van der Waals surface area contributed by atoms with Gasteiger partial charge in [0, 0.05) is 0 Å².